The van der Waals surface area contributed by atoms with Crippen molar-refractivity contribution in [3.63, 3.8) is 0 Å². The zero-order valence-corrected chi connectivity index (χ0v) is 12.3. The molecule has 2 aromatic carbocycles. The Morgan fingerprint density at radius 1 is 0.850 bits per heavy atom. The predicted octanol–water partition coefficient (Wildman–Crippen LogP) is 5.76. The summed E-state index contributed by atoms with van der Waals surface area (Å²) in [6.45, 7) is 0. The van der Waals surface area contributed by atoms with Crippen molar-refractivity contribution in [3.8, 4) is 0 Å². The van der Waals surface area contributed by atoms with Gasteiger partial charge in [0.05, 0.1) is 16.9 Å². The van der Waals surface area contributed by atoms with Crippen molar-refractivity contribution < 1.29 is 13.2 Å². The molecular weight excluding hydrogens is 330 g/mol. The molecule has 0 spiro atoms. The van der Waals surface area contributed by atoms with Crippen molar-refractivity contribution in [1.82, 2.24) is 0 Å². The molecule has 1 nitrogen and oxygen atoms in total. The van der Waals surface area contributed by atoms with E-state index >= 15 is 0 Å². The molecule has 1 heterocycles. The van der Waals surface area contributed by atoms with Crippen molar-refractivity contribution in [2.24, 2.45) is 0 Å². The Labute approximate surface area is 130 Å². The standard InChI is InChI=1S/C13H8F3NS.2ClH/c14-13(15,16)8-5-6-12-10(7-8)17-9-3-1-2-4-11(9)18-12;;/h1-7,17H;2*1H. The molecule has 0 aromatic heterocycles. The molecular formula is C13H10Cl2F3NS. The van der Waals surface area contributed by atoms with Gasteiger partial charge in [-0.05, 0) is 30.3 Å². The Morgan fingerprint density at radius 3 is 2.20 bits per heavy atom. The first-order chi connectivity index (χ1) is 8.54. The number of nitrogens with one attached hydrogen (secondary N) is 1. The summed E-state index contributed by atoms with van der Waals surface area (Å²) in [6, 6.07) is 11.3. The smallest absolute Gasteiger partial charge is 0.354 e. The predicted molar refractivity (Wildman–Crippen MR) is 79.8 cm³/mol. The molecule has 0 amide bonds. The van der Waals surface area contributed by atoms with E-state index in [-0.39, 0.29) is 24.8 Å². The van der Waals surface area contributed by atoms with Crippen molar-refractivity contribution in [2.75, 3.05) is 5.32 Å². The summed E-state index contributed by atoms with van der Waals surface area (Å²) in [4.78, 5) is 1.83. The Bertz CT molecular complexity index is 617. The second-order valence-corrected chi connectivity index (χ2v) is 5.02. The molecule has 20 heavy (non-hydrogen) atoms. The van der Waals surface area contributed by atoms with E-state index in [0.717, 1.165) is 27.6 Å². The first kappa shape index (κ1) is 17.0. The van der Waals surface area contributed by atoms with Gasteiger partial charge >= 0.3 is 6.18 Å². The monoisotopic (exact) mass is 339 g/mol. The number of hydrogen-bond donors (Lipinski definition) is 1. The zero-order valence-electron chi connectivity index (χ0n) is 9.90. The molecule has 0 saturated heterocycles. The Morgan fingerprint density at radius 2 is 1.50 bits per heavy atom. The molecule has 0 unspecified atom stereocenters. The van der Waals surface area contributed by atoms with E-state index in [2.05, 4.69) is 5.32 Å². The lowest BCUT2D eigenvalue weighted by atomic mass is 10.2. The van der Waals surface area contributed by atoms with Crippen LogP contribution in [0.5, 0.6) is 0 Å². The number of halogens is 5. The first-order valence-corrected chi connectivity index (χ1v) is 6.11. The van der Waals surface area contributed by atoms with Gasteiger partial charge in [0.25, 0.3) is 0 Å². The van der Waals surface area contributed by atoms with Gasteiger partial charge in [-0.15, -0.1) is 24.8 Å². The van der Waals surface area contributed by atoms with Gasteiger partial charge in [-0.2, -0.15) is 13.2 Å². The Balaban J connectivity index is 0.000001000. The van der Waals surface area contributed by atoms with Gasteiger partial charge < -0.3 is 5.32 Å². The SMILES string of the molecule is Cl.Cl.FC(F)(F)c1ccc2c(c1)Nc1ccccc1S2. The van der Waals surface area contributed by atoms with E-state index in [0.29, 0.717) is 5.69 Å². The highest BCUT2D eigenvalue weighted by Gasteiger charge is 2.31. The van der Waals surface area contributed by atoms with E-state index in [1.807, 2.05) is 24.3 Å². The summed E-state index contributed by atoms with van der Waals surface area (Å²) in [7, 11) is 0. The molecule has 0 saturated carbocycles. The Kier molecular flexibility index (Phi) is 5.24. The third-order valence-electron chi connectivity index (χ3n) is 2.68. The van der Waals surface area contributed by atoms with Crippen LogP contribution in [0.25, 0.3) is 0 Å². The normalized spacial score (nSPS) is 12.2. The fraction of sp³-hybridized carbons (Fsp3) is 0.0769. The summed E-state index contributed by atoms with van der Waals surface area (Å²) >= 11 is 1.47. The summed E-state index contributed by atoms with van der Waals surface area (Å²) in [5, 5.41) is 3.03. The van der Waals surface area contributed by atoms with Crippen molar-refractivity contribution in [3.05, 3.63) is 48.0 Å². The van der Waals surface area contributed by atoms with E-state index in [4.69, 9.17) is 0 Å². The van der Waals surface area contributed by atoms with Crippen LogP contribution in [0.2, 0.25) is 0 Å². The lowest BCUT2D eigenvalue weighted by molar-refractivity contribution is -0.137. The molecule has 108 valence electrons. The topological polar surface area (TPSA) is 12.0 Å². The molecule has 7 heteroatoms. The average Bonchev–Trinajstić information content (AvgIpc) is 2.34. The van der Waals surface area contributed by atoms with Crippen LogP contribution in [-0.2, 0) is 6.18 Å². The van der Waals surface area contributed by atoms with Gasteiger partial charge in [-0.25, -0.2) is 0 Å². The van der Waals surface area contributed by atoms with Gasteiger partial charge in [0.2, 0.25) is 0 Å². The number of rotatable bonds is 0. The lowest BCUT2D eigenvalue weighted by Gasteiger charge is -2.21. The number of fused-ring (bicyclic) bond motifs is 2. The van der Waals surface area contributed by atoms with Gasteiger partial charge in [-0.1, -0.05) is 23.9 Å². The van der Waals surface area contributed by atoms with Crippen molar-refractivity contribution in [2.45, 2.75) is 16.0 Å². The minimum atomic E-state index is -4.31. The van der Waals surface area contributed by atoms with Gasteiger partial charge in [-0.3, -0.25) is 0 Å². The summed E-state index contributed by atoms with van der Waals surface area (Å²) in [5.74, 6) is 0. The lowest BCUT2D eigenvalue weighted by Crippen LogP contribution is -2.07. The maximum atomic E-state index is 12.6. The van der Waals surface area contributed by atoms with Gasteiger partial charge in [0, 0.05) is 9.79 Å². The van der Waals surface area contributed by atoms with Crippen LogP contribution < -0.4 is 5.32 Å². The first-order valence-electron chi connectivity index (χ1n) is 5.29. The van der Waals surface area contributed by atoms with E-state index in [1.54, 1.807) is 0 Å². The van der Waals surface area contributed by atoms with Crippen LogP contribution in [0.4, 0.5) is 24.5 Å². The minimum absolute atomic E-state index is 0. The molecule has 0 bridgehead atoms. The molecule has 1 N–H and O–H groups in total. The Hall–Kier alpha value is -1.04. The van der Waals surface area contributed by atoms with Crippen LogP contribution in [-0.4, -0.2) is 0 Å². The molecule has 0 radical (unpaired) electrons. The molecule has 0 aliphatic carbocycles. The third-order valence-corrected chi connectivity index (χ3v) is 3.84. The highest BCUT2D eigenvalue weighted by molar-refractivity contribution is 7.99. The molecule has 2 aromatic rings. The average molecular weight is 340 g/mol. The fourth-order valence-corrected chi connectivity index (χ4v) is 2.78. The number of alkyl halides is 3. The van der Waals surface area contributed by atoms with E-state index in [9.17, 15) is 13.2 Å². The van der Waals surface area contributed by atoms with Crippen LogP contribution >= 0.6 is 36.6 Å². The molecule has 3 rings (SSSR count). The quantitative estimate of drug-likeness (QED) is 0.559. The number of para-hydroxylation sites is 1. The van der Waals surface area contributed by atoms with Gasteiger partial charge in [0.1, 0.15) is 0 Å². The fourth-order valence-electron chi connectivity index (χ4n) is 1.82. The summed E-state index contributed by atoms with van der Waals surface area (Å²) < 4.78 is 37.9. The number of anilines is 2. The molecule has 1 aliphatic heterocycles. The molecule has 0 atom stereocenters. The highest BCUT2D eigenvalue weighted by atomic mass is 35.5. The number of benzene rings is 2. The van der Waals surface area contributed by atoms with Crippen molar-refractivity contribution in [1.29, 1.82) is 0 Å². The molecule has 1 aliphatic rings. The maximum Gasteiger partial charge on any atom is 0.416 e. The van der Waals surface area contributed by atoms with Crippen LogP contribution in [0, 0.1) is 0 Å². The largest absolute Gasteiger partial charge is 0.416 e. The van der Waals surface area contributed by atoms with E-state index in [1.165, 1.54) is 17.8 Å². The highest BCUT2D eigenvalue weighted by Crippen LogP contribution is 2.45. The molecule has 0 fully saturated rings. The summed E-state index contributed by atoms with van der Waals surface area (Å²) in [5.41, 5.74) is 0.719. The number of hydrogen-bond acceptors (Lipinski definition) is 2. The van der Waals surface area contributed by atoms with Crippen LogP contribution in [0.3, 0.4) is 0 Å². The van der Waals surface area contributed by atoms with Crippen molar-refractivity contribution >= 4 is 48.0 Å². The van der Waals surface area contributed by atoms with Crippen LogP contribution in [0.15, 0.2) is 52.3 Å². The second kappa shape index (κ2) is 6.16. The van der Waals surface area contributed by atoms with Gasteiger partial charge in [0.15, 0.2) is 0 Å². The van der Waals surface area contributed by atoms with E-state index < -0.39 is 11.7 Å². The minimum Gasteiger partial charge on any atom is -0.354 e. The zero-order chi connectivity index (χ0) is 12.8. The third kappa shape index (κ3) is 3.16. The van der Waals surface area contributed by atoms with Crippen LogP contribution in [0.1, 0.15) is 5.56 Å². The maximum absolute atomic E-state index is 12.6. The summed E-state index contributed by atoms with van der Waals surface area (Å²) in [6.07, 6.45) is -4.31. The second-order valence-electron chi connectivity index (χ2n) is 3.93.